The van der Waals surface area contributed by atoms with Crippen LogP contribution in [0.4, 0.5) is 0 Å². The lowest BCUT2D eigenvalue weighted by Crippen LogP contribution is -2.12. The second-order valence-electron chi connectivity index (χ2n) is 4.32. The van der Waals surface area contributed by atoms with Gasteiger partial charge < -0.3 is 9.47 Å². The van der Waals surface area contributed by atoms with Crippen LogP contribution in [0.15, 0.2) is 46.9 Å². The number of hydrogen-bond acceptors (Lipinski definition) is 3. The van der Waals surface area contributed by atoms with Gasteiger partial charge in [-0.25, -0.2) is 0 Å². The van der Waals surface area contributed by atoms with Crippen LogP contribution in [-0.4, -0.2) is 19.5 Å². The summed E-state index contributed by atoms with van der Waals surface area (Å²) in [5, 5.41) is 0. The molecular formula is C16H15BrO3. The van der Waals surface area contributed by atoms with Crippen molar-refractivity contribution in [3.05, 3.63) is 58.1 Å². The maximum absolute atomic E-state index is 12.1. The number of aryl methyl sites for hydroxylation is 1. The Balaban J connectivity index is 2.06. The number of benzene rings is 2. The van der Waals surface area contributed by atoms with Gasteiger partial charge in [0.2, 0.25) is 5.78 Å². The molecule has 0 saturated heterocycles. The third-order valence-corrected chi connectivity index (χ3v) is 3.80. The highest BCUT2D eigenvalue weighted by molar-refractivity contribution is 9.10. The standard InChI is InChI=1S/C16H15BrO3/c1-11-9-12(7-8-14(11)17)20-10-15(18)13-5-3-4-6-16(13)19-2/h3-9H,10H2,1-2H3. The lowest BCUT2D eigenvalue weighted by atomic mass is 10.1. The molecule has 0 fully saturated rings. The van der Waals surface area contributed by atoms with E-state index in [9.17, 15) is 4.79 Å². The Bertz CT molecular complexity index is 623. The predicted molar refractivity (Wildman–Crippen MR) is 81.7 cm³/mol. The van der Waals surface area contributed by atoms with Gasteiger partial charge in [0.15, 0.2) is 6.61 Å². The summed E-state index contributed by atoms with van der Waals surface area (Å²) in [6.45, 7) is 1.96. The van der Waals surface area contributed by atoms with Crippen molar-refractivity contribution in [2.75, 3.05) is 13.7 Å². The van der Waals surface area contributed by atoms with Crippen molar-refractivity contribution < 1.29 is 14.3 Å². The Labute approximate surface area is 126 Å². The number of para-hydroxylation sites is 1. The van der Waals surface area contributed by atoms with Crippen LogP contribution >= 0.6 is 15.9 Å². The monoisotopic (exact) mass is 334 g/mol. The summed E-state index contributed by atoms with van der Waals surface area (Å²) >= 11 is 3.43. The zero-order chi connectivity index (χ0) is 14.5. The quantitative estimate of drug-likeness (QED) is 0.774. The number of methoxy groups -OCH3 is 1. The lowest BCUT2D eigenvalue weighted by Gasteiger charge is -2.09. The number of ketones is 1. The molecule has 0 aliphatic rings. The summed E-state index contributed by atoms with van der Waals surface area (Å²) in [5.41, 5.74) is 1.59. The first-order chi connectivity index (χ1) is 9.61. The minimum absolute atomic E-state index is 0.0125. The highest BCUT2D eigenvalue weighted by atomic mass is 79.9. The summed E-state index contributed by atoms with van der Waals surface area (Å²) in [5.74, 6) is 1.13. The summed E-state index contributed by atoms with van der Waals surface area (Å²) in [6.07, 6.45) is 0. The molecule has 3 nitrogen and oxygen atoms in total. The SMILES string of the molecule is COc1ccccc1C(=O)COc1ccc(Br)c(C)c1. The molecule has 20 heavy (non-hydrogen) atoms. The molecule has 0 unspecified atom stereocenters. The van der Waals surface area contributed by atoms with E-state index in [1.165, 1.54) is 0 Å². The van der Waals surface area contributed by atoms with E-state index in [0.29, 0.717) is 17.1 Å². The van der Waals surface area contributed by atoms with Crippen LogP contribution in [0.2, 0.25) is 0 Å². The van der Waals surface area contributed by atoms with Crippen LogP contribution in [0.25, 0.3) is 0 Å². The van der Waals surface area contributed by atoms with E-state index in [-0.39, 0.29) is 12.4 Å². The fraction of sp³-hybridized carbons (Fsp3) is 0.188. The lowest BCUT2D eigenvalue weighted by molar-refractivity contribution is 0.0918. The van der Waals surface area contributed by atoms with Crippen molar-refractivity contribution >= 4 is 21.7 Å². The Kier molecular flexibility index (Phi) is 4.79. The first-order valence-corrected chi connectivity index (χ1v) is 6.96. The van der Waals surface area contributed by atoms with Crippen LogP contribution in [0.3, 0.4) is 0 Å². The highest BCUT2D eigenvalue weighted by Gasteiger charge is 2.12. The van der Waals surface area contributed by atoms with Gasteiger partial charge in [-0.1, -0.05) is 28.1 Å². The zero-order valence-electron chi connectivity index (χ0n) is 11.4. The van der Waals surface area contributed by atoms with Gasteiger partial charge in [-0.3, -0.25) is 4.79 Å². The fourth-order valence-electron chi connectivity index (χ4n) is 1.81. The van der Waals surface area contributed by atoms with E-state index in [4.69, 9.17) is 9.47 Å². The number of hydrogen-bond donors (Lipinski definition) is 0. The molecule has 0 N–H and O–H groups in total. The van der Waals surface area contributed by atoms with Crippen LogP contribution in [-0.2, 0) is 0 Å². The van der Waals surface area contributed by atoms with Crippen LogP contribution in [0.1, 0.15) is 15.9 Å². The second kappa shape index (κ2) is 6.57. The van der Waals surface area contributed by atoms with E-state index >= 15 is 0 Å². The fourth-order valence-corrected chi connectivity index (χ4v) is 2.06. The number of halogens is 1. The molecule has 0 amide bonds. The number of carbonyl (C=O) groups excluding carboxylic acids is 1. The van der Waals surface area contributed by atoms with Crippen molar-refractivity contribution in [1.29, 1.82) is 0 Å². The van der Waals surface area contributed by atoms with E-state index in [2.05, 4.69) is 15.9 Å². The molecule has 0 spiro atoms. The topological polar surface area (TPSA) is 35.5 Å². The predicted octanol–water partition coefficient (Wildman–Crippen LogP) is 4.03. The van der Waals surface area contributed by atoms with Gasteiger partial charge >= 0.3 is 0 Å². The molecular weight excluding hydrogens is 320 g/mol. The Morgan fingerprint density at radius 3 is 2.65 bits per heavy atom. The second-order valence-corrected chi connectivity index (χ2v) is 5.18. The largest absolute Gasteiger partial charge is 0.496 e. The van der Waals surface area contributed by atoms with Gasteiger partial charge in [0, 0.05) is 4.47 Å². The molecule has 0 atom stereocenters. The molecule has 0 aromatic heterocycles. The summed E-state index contributed by atoms with van der Waals surface area (Å²) in [6, 6.07) is 12.7. The molecule has 2 aromatic rings. The van der Waals surface area contributed by atoms with Gasteiger partial charge in [-0.05, 0) is 42.8 Å². The van der Waals surface area contributed by atoms with Crippen LogP contribution in [0.5, 0.6) is 11.5 Å². The average molecular weight is 335 g/mol. The van der Waals surface area contributed by atoms with Gasteiger partial charge in [-0.15, -0.1) is 0 Å². The molecule has 4 heteroatoms. The van der Waals surface area contributed by atoms with Crippen molar-refractivity contribution in [3.8, 4) is 11.5 Å². The summed E-state index contributed by atoms with van der Waals surface area (Å²) in [4.78, 5) is 12.1. The minimum atomic E-state index is -0.108. The Morgan fingerprint density at radius 1 is 1.20 bits per heavy atom. The molecule has 0 saturated carbocycles. The maximum Gasteiger partial charge on any atom is 0.203 e. The number of rotatable bonds is 5. The summed E-state index contributed by atoms with van der Waals surface area (Å²) < 4.78 is 11.7. The van der Waals surface area contributed by atoms with Crippen molar-refractivity contribution in [2.45, 2.75) is 6.92 Å². The third kappa shape index (κ3) is 3.39. The molecule has 104 valence electrons. The highest BCUT2D eigenvalue weighted by Crippen LogP contribution is 2.22. The van der Waals surface area contributed by atoms with E-state index in [1.807, 2.05) is 31.2 Å². The van der Waals surface area contributed by atoms with Gasteiger partial charge in [0.1, 0.15) is 11.5 Å². The number of ether oxygens (including phenoxy) is 2. The zero-order valence-corrected chi connectivity index (χ0v) is 12.9. The van der Waals surface area contributed by atoms with Gasteiger partial charge in [-0.2, -0.15) is 0 Å². The molecule has 2 rings (SSSR count). The first kappa shape index (κ1) is 14.6. The summed E-state index contributed by atoms with van der Waals surface area (Å²) in [7, 11) is 1.55. The first-order valence-electron chi connectivity index (χ1n) is 6.17. The van der Waals surface area contributed by atoms with Gasteiger partial charge in [0.05, 0.1) is 12.7 Å². The molecule has 0 heterocycles. The van der Waals surface area contributed by atoms with E-state index in [1.54, 1.807) is 25.3 Å². The Hall–Kier alpha value is -1.81. The normalized spacial score (nSPS) is 10.2. The van der Waals surface area contributed by atoms with E-state index < -0.39 is 0 Å². The van der Waals surface area contributed by atoms with Crippen molar-refractivity contribution in [2.24, 2.45) is 0 Å². The average Bonchev–Trinajstić information content (AvgIpc) is 2.48. The minimum Gasteiger partial charge on any atom is -0.496 e. The smallest absolute Gasteiger partial charge is 0.203 e. The van der Waals surface area contributed by atoms with Crippen LogP contribution < -0.4 is 9.47 Å². The molecule has 0 radical (unpaired) electrons. The van der Waals surface area contributed by atoms with Gasteiger partial charge in [0.25, 0.3) is 0 Å². The van der Waals surface area contributed by atoms with Crippen molar-refractivity contribution in [1.82, 2.24) is 0 Å². The third-order valence-electron chi connectivity index (χ3n) is 2.91. The Morgan fingerprint density at radius 2 is 1.95 bits per heavy atom. The molecule has 0 bridgehead atoms. The number of Topliss-reactive ketones (excluding diaryl/α,β-unsaturated/α-hetero) is 1. The molecule has 2 aromatic carbocycles. The molecule has 0 aliphatic heterocycles. The maximum atomic E-state index is 12.1. The van der Waals surface area contributed by atoms with E-state index in [0.717, 1.165) is 10.0 Å². The van der Waals surface area contributed by atoms with Crippen molar-refractivity contribution in [3.63, 3.8) is 0 Å². The van der Waals surface area contributed by atoms with Crippen LogP contribution in [0, 0.1) is 6.92 Å². The molecule has 0 aliphatic carbocycles. The number of carbonyl (C=O) groups is 1.